The Hall–Kier alpha value is -3.33. The van der Waals surface area contributed by atoms with E-state index in [0.29, 0.717) is 17.6 Å². The molecule has 0 unspecified atom stereocenters. The highest BCUT2D eigenvalue weighted by atomic mass is 35.5. The van der Waals surface area contributed by atoms with Crippen LogP contribution in [0.15, 0.2) is 30.6 Å². The van der Waals surface area contributed by atoms with Gasteiger partial charge in [0.2, 0.25) is 0 Å². The Labute approximate surface area is 188 Å². The third-order valence-electron chi connectivity index (χ3n) is 5.73. The number of nitrogens with one attached hydrogen (secondary N) is 1. The monoisotopic (exact) mass is 451 g/mol. The number of carboxylic acid groups (broad SMARTS) is 1. The van der Waals surface area contributed by atoms with Gasteiger partial charge in [-0.1, -0.05) is 22.9 Å². The molecule has 0 aliphatic heterocycles. The van der Waals surface area contributed by atoms with Gasteiger partial charge in [0.05, 0.1) is 11.9 Å². The van der Waals surface area contributed by atoms with Gasteiger partial charge in [0.25, 0.3) is 0 Å². The van der Waals surface area contributed by atoms with Crippen LogP contribution in [0.5, 0.6) is 0 Å². The van der Waals surface area contributed by atoms with E-state index in [4.69, 9.17) is 16.7 Å². The Bertz CT molecular complexity index is 1260. The minimum Gasteiger partial charge on any atom is -0.476 e. The van der Waals surface area contributed by atoms with Gasteiger partial charge in [-0.2, -0.15) is 5.10 Å². The van der Waals surface area contributed by atoms with Gasteiger partial charge in [-0.05, 0) is 61.3 Å². The summed E-state index contributed by atoms with van der Waals surface area (Å²) in [7, 11) is 0. The average molecular weight is 452 g/mol. The lowest BCUT2D eigenvalue weighted by Gasteiger charge is -2.05. The molecule has 5 rings (SSSR count). The van der Waals surface area contributed by atoms with E-state index in [-0.39, 0.29) is 5.69 Å². The van der Waals surface area contributed by atoms with Crippen LogP contribution in [0.3, 0.4) is 0 Å². The van der Waals surface area contributed by atoms with Crippen LogP contribution >= 0.6 is 11.6 Å². The van der Waals surface area contributed by atoms with Gasteiger partial charge < -0.3 is 10.1 Å². The summed E-state index contributed by atoms with van der Waals surface area (Å²) in [4.78, 5) is 18.6. The fourth-order valence-corrected chi connectivity index (χ4v) is 4.05. The molecule has 1 fully saturated rings. The van der Waals surface area contributed by atoms with Crippen molar-refractivity contribution in [2.75, 3.05) is 0 Å². The smallest absolute Gasteiger partial charge is 0.358 e. The Morgan fingerprint density at radius 1 is 1.22 bits per heavy atom. The maximum absolute atomic E-state index is 10.9. The molecule has 0 atom stereocenters. The number of fused-ring (bicyclic) bond motifs is 1. The number of H-pyrrole nitrogens is 1. The van der Waals surface area contributed by atoms with Crippen molar-refractivity contribution in [3.05, 3.63) is 64.0 Å². The number of halogens is 1. The second kappa shape index (κ2) is 8.66. The molecule has 2 N–H and O–H groups in total. The molecule has 1 saturated carbocycles. The van der Waals surface area contributed by atoms with E-state index < -0.39 is 5.97 Å². The molecule has 0 spiro atoms. The lowest BCUT2D eigenvalue weighted by Crippen LogP contribution is -2.01. The summed E-state index contributed by atoms with van der Waals surface area (Å²) in [6.07, 6.45) is 8.97. The molecule has 4 heterocycles. The molecule has 10 heteroatoms. The summed E-state index contributed by atoms with van der Waals surface area (Å²) >= 11 is 5.95. The average Bonchev–Trinajstić information content (AvgIpc) is 3.41. The third kappa shape index (κ3) is 4.47. The number of aromatic nitrogens is 7. The van der Waals surface area contributed by atoms with Gasteiger partial charge in [0.1, 0.15) is 5.15 Å². The standard InChI is InChI=1S/C22H22ClN7O2/c23-19-7-4-13(11-24-19)9-16-17-10-15(26-28-21(17)25-20(16)14-5-6-14)3-1-2-8-30-12-18(22(31)32)27-29-30/h4,7,10-12,14H,1-3,5-6,8-9H2,(H,25,28)(H,31,32). The molecule has 0 radical (unpaired) electrons. The first-order chi connectivity index (χ1) is 15.6. The van der Waals surface area contributed by atoms with Gasteiger partial charge in [0.15, 0.2) is 11.3 Å². The van der Waals surface area contributed by atoms with Crippen LogP contribution in [0.4, 0.5) is 0 Å². The van der Waals surface area contributed by atoms with Gasteiger partial charge in [0, 0.05) is 30.2 Å². The number of carboxylic acids is 1. The zero-order valence-corrected chi connectivity index (χ0v) is 18.1. The number of aryl methyl sites for hydroxylation is 2. The second-order valence-corrected chi connectivity index (χ2v) is 8.57. The van der Waals surface area contributed by atoms with Crippen molar-refractivity contribution < 1.29 is 9.90 Å². The fraction of sp³-hybridized carbons (Fsp3) is 0.364. The number of hydrogen-bond donors (Lipinski definition) is 2. The van der Waals surface area contributed by atoms with Gasteiger partial charge >= 0.3 is 5.97 Å². The van der Waals surface area contributed by atoms with E-state index in [1.807, 2.05) is 18.3 Å². The number of pyridine rings is 1. The maximum Gasteiger partial charge on any atom is 0.358 e. The van der Waals surface area contributed by atoms with Crippen LogP contribution in [0.25, 0.3) is 11.0 Å². The zero-order chi connectivity index (χ0) is 22.1. The summed E-state index contributed by atoms with van der Waals surface area (Å²) < 4.78 is 1.56. The number of aromatic amines is 1. The van der Waals surface area contributed by atoms with Crippen molar-refractivity contribution in [1.29, 1.82) is 0 Å². The summed E-state index contributed by atoms with van der Waals surface area (Å²) in [5, 5.41) is 26.9. The van der Waals surface area contributed by atoms with E-state index >= 15 is 0 Å². The first kappa shape index (κ1) is 20.6. The van der Waals surface area contributed by atoms with Crippen LogP contribution < -0.4 is 0 Å². The van der Waals surface area contributed by atoms with E-state index in [2.05, 4.69) is 36.5 Å². The van der Waals surface area contributed by atoms with Crippen molar-refractivity contribution in [1.82, 2.24) is 35.2 Å². The molecule has 0 amide bonds. The topological polar surface area (TPSA) is 122 Å². The van der Waals surface area contributed by atoms with Crippen molar-refractivity contribution in [3.8, 4) is 0 Å². The largest absolute Gasteiger partial charge is 0.476 e. The Kier molecular flexibility index (Phi) is 5.57. The van der Waals surface area contributed by atoms with Crippen LogP contribution in [-0.2, 0) is 19.4 Å². The van der Waals surface area contributed by atoms with Crippen LogP contribution in [-0.4, -0.2) is 46.2 Å². The lowest BCUT2D eigenvalue weighted by molar-refractivity contribution is 0.0690. The summed E-state index contributed by atoms with van der Waals surface area (Å²) in [6.45, 7) is 0.612. The highest BCUT2D eigenvalue weighted by Crippen LogP contribution is 2.43. The zero-order valence-electron chi connectivity index (χ0n) is 17.3. The summed E-state index contributed by atoms with van der Waals surface area (Å²) in [5.41, 5.74) is 5.39. The molecule has 0 aromatic carbocycles. The first-order valence-electron chi connectivity index (χ1n) is 10.7. The summed E-state index contributed by atoms with van der Waals surface area (Å²) in [6, 6.07) is 5.98. The number of rotatable bonds is 9. The molecule has 0 saturated heterocycles. The van der Waals surface area contributed by atoms with Crippen molar-refractivity contribution >= 4 is 28.6 Å². The Morgan fingerprint density at radius 2 is 2.09 bits per heavy atom. The molecule has 1 aliphatic carbocycles. The van der Waals surface area contributed by atoms with Crippen LogP contribution in [0.1, 0.15) is 64.6 Å². The van der Waals surface area contributed by atoms with E-state index in [0.717, 1.165) is 48.0 Å². The summed E-state index contributed by atoms with van der Waals surface area (Å²) in [5.74, 6) is -0.497. The quantitative estimate of drug-likeness (QED) is 0.293. The molecule has 0 bridgehead atoms. The molecule has 164 valence electrons. The predicted molar refractivity (Wildman–Crippen MR) is 118 cm³/mol. The van der Waals surface area contributed by atoms with Crippen LogP contribution in [0, 0.1) is 0 Å². The van der Waals surface area contributed by atoms with Gasteiger partial charge in [-0.3, -0.25) is 4.68 Å². The predicted octanol–water partition coefficient (Wildman–Crippen LogP) is 3.79. The van der Waals surface area contributed by atoms with E-state index in [1.165, 1.54) is 30.3 Å². The maximum atomic E-state index is 10.9. The molecule has 32 heavy (non-hydrogen) atoms. The van der Waals surface area contributed by atoms with E-state index in [1.54, 1.807) is 4.68 Å². The molecule has 4 aromatic heterocycles. The van der Waals surface area contributed by atoms with Crippen molar-refractivity contribution in [3.63, 3.8) is 0 Å². The second-order valence-electron chi connectivity index (χ2n) is 8.18. The molecular formula is C22H22ClN7O2. The number of carbonyl (C=O) groups is 1. The molecule has 1 aliphatic rings. The third-order valence-corrected chi connectivity index (χ3v) is 5.95. The van der Waals surface area contributed by atoms with Crippen molar-refractivity contribution in [2.24, 2.45) is 0 Å². The van der Waals surface area contributed by atoms with Gasteiger partial charge in [-0.25, -0.2) is 9.78 Å². The highest BCUT2D eigenvalue weighted by molar-refractivity contribution is 6.29. The Balaban J connectivity index is 1.30. The number of nitrogens with zero attached hydrogens (tertiary/aromatic N) is 6. The Morgan fingerprint density at radius 3 is 2.81 bits per heavy atom. The van der Waals surface area contributed by atoms with Crippen molar-refractivity contribution in [2.45, 2.75) is 51.0 Å². The van der Waals surface area contributed by atoms with Gasteiger partial charge in [-0.15, -0.1) is 10.2 Å². The minimum absolute atomic E-state index is 0.0383. The minimum atomic E-state index is -1.07. The molecular weight excluding hydrogens is 430 g/mol. The first-order valence-corrected chi connectivity index (χ1v) is 11.1. The number of unbranched alkanes of at least 4 members (excludes halogenated alkanes) is 1. The van der Waals surface area contributed by atoms with Crippen LogP contribution in [0.2, 0.25) is 5.15 Å². The highest BCUT2D eigenvalue weighted by Gasteiger charge is 2.29. The molecule has 4 aromatic rings. The number of aromatic carboxylic acids is 1. The normalized spacial score (nSPS) is 13.7. The fourth-order valence-electron chi connectivity index (χ4n) is 3.94. The molecule has 9 nitrogen and oxygen atoms in total. The number of hydrogen-bond acceptors (Lipinski definition) is 6. The van der Waals surface area contributed by atoms with E-state index in [9.17, 15) is 4.79 Å². The lowest BCUT2D eigenvalue weighted by atomic mass is 10.0. The SMILES string of the molecule is O=C(O)c1cn(CCCCc2cc3c(Cc4ccc(Cl)nc4)c(C4CC4)[nH]c3nn2)nn1.